The van der Waals surface area contributed by atoms with E-state index >= 15 is 0 Å². The molecule has 2 N–H and O–H groups in total. The van der Waals surface area contributed by atoms with Crippen LogP contribution in [0.2, 0.25) is 0 Å². The highest BCUT2D eigenvalue weighted by Crippen LogP contribution is 2.26. The summed E-state index contributed by atoms with van der Waals surface area (Å²) in [5, 5.41) is 18.9. The molecule has 68 valence electrons. The molecule has 0 bridgehead atoms. The van der Waals surface area contributed by atoms with Crippen LogP contribution in [-0.4, -0.2) is 22.4 Å². The molecule has 11 heavy (non-hydrogen) atoms. The molecule has 0 fully saturated rings. The molecule has 0 heterocycles. The Morgan fingerprint density at radius 1 is 1.00 bits per heavy atom. The highest BCUT2D eigenvalue weighted by molar-refractivity contribution is 4.79. The molecular weight excluding hydrogens is 140 g/mol. The Morgan fingerprint density at radius 2 is 1.36 bits per heavy atom. The molecule has 3 unspecified atom stereocenters. The van der Waals surface area contributed by atoms with Crippen LogP contribution in [0.15, 0.2) is 0 Å². The van der Waals surface area contributed by atoms with Crippen molar-refractivity contribution >= 4 is 0 Å². The molecule has 0 saturated carbocycles. The van der Waals surface area contributed by atoms with Gasteiger partial charge in [0, 0.05) is 5.92 Å². The van der Waals surface area contributed by atoms with Crippen LogP contribution < -0.4 is 0 Å². The summed E-state index contributed by atoms with van der Waals surface area (Å²) in [5.74, 6) is -0.0602. The lowest BCUT2D eigenvalue weighted by atomic mass is 9.80. The lowest BCUT2D eigenvalue weighted by Gasteiger charge is -2.32. The van der Waals surface area contributed by atoms with Crippen molar-refractivity contribution in [2.24, 2.45) is 11.3 Å². The molecule has 0 saturated heterocycles. The van der Waals surface area contributed by atoms with Crippen LogP contribution in [0, 0.1) is 11.3 Å². The fourth-order valence-electron chi connectivity index (χ4n) is 1.05. The predicted molar refractivity (Wildman–Crippen MR) is 46.3 cm³/mol. The van der Waals surface area contributed by atoms with Crippen molar-refractivity contribution in [2.45, 2.75) is 46.8 Å². The van der Waals surface area contributed by atoms with Crippen LogP contribution in [0.1, 0.15) is 34.6 Å². The topological polar surface area (TPSA) is 40.5 Å². The normalized spacial score (nSPS) is 21.0. The van der Waals surface area contributed by atoms with Crippen molar-refractivity contribution in [3.05, 3.63) is 0 Å². The zero-order valence-corrected chi connectivity index (χ0v) is 8.13. The molecule has 0 aromatic rings. The summed E-state index contributed by atoms with van der Waals surface area (Å²) in [4.78, 5) is 0. The summed E-state index contributed by atoms with van der Waals surface area (Å²) >= 11 is 0. The molecule has 0 spiro atoms. The second kappa shape index (κ2) is 3.55. The van der Waals surface area contributed by atoms with Gasteiger partial charge in [-0.3, -0.25) is 0 Å². The zero-order valence-electron chi connectivity index (χ0n) is 8.13. The highest BCUT2D eigenvalue weighted by atomic mass is 16.3. The third-order valence-corrected chi connectivity index (χ3v) is 2.15. The van der Waals surface area contributed by atoms with Crippen molar-refractivity contribution in [3.63, 3.8) is 0 Å². The first-order valence-electron chi connectivity index (χ1n) is 4.13. The van der Waals surface area contributed by atoms with Gasteiger partial charge in [0.15, 0.2) is 0 Å². The molecule has 0 rings (SSSR count). The van der Waals surface area contributed by atoms with Crippen molar-refractivity contribution in [3.8, 4) is 0 Å². The lowest BCUT2D eigenvalue weighted by molar-refractivity contribution is -0.0298. The Hall–Kier alpha value is -0.0800. The maximum atomic E-state index is 9.66. The minimum atomic E-state index is -0.442. The zero-order chi connectivity index (χ0) is 9.23. The summed E-state index contributed by atoms with van der Waals surface area (Å²) in [6.07, 6.45) is -0.883. The fourth-order valence-corrected chi connectivity index (χ4v) is 1.05. The average molecular weight is 160 g/mol. The smallest absolute Gasteiger partial charge is 0.0638 e. The van der Waals surface area contributed by atoms with Gasteiger partial charge in [0.2, 0.25) is 0 Å². The maximum Gasteiger partial charge on any atom is 0.0638 e. The van der Waals surface area contributed by atoms with E-state index < -0.39 is 12.2 Å². The quantitative estimate of drug-likeness (QED) is 0.641. The molecule has 0 radical (unpaired) electrons. The SMILES string of the molecule is CC(O)C(C)C(O)C(C)(C)C. The van der Waals surface area contributed by atoms with Gasteiger partial charge in [0.25, 0.3) is 0 Å². The van der Waals surface area contributed by atoms with Gasteiger partial charge in [-0.25, -0.2) is 0 Å². The Labute approximate surface area is 69.2 Å². The molecule has 0 aliphatic heterocycles. The minimum Gasteiger partial charge on any atom is -0.393 e. The molecular formula is C9H20O2. The number of aliphatic hydroxyl groups excluding tert-OH is 2. The van der Waals surface area contributed by atoms with E-state index in [-0.39, 0.29) is 11.3 Å². The van der Waals surface area contributed by atoms with E-state index in [1.54, 1.807) is 6.92 Å². The summed E-state index contributed by atoms with van der Waals surface area (Å²) < 4.78 is 0. The van der Waals surface area contributed by atoms with E-state index in [0.29, 0.717) is 0 Å². The monoisotopic (exact) mass is 160 g/mol. The molecule has 2 nitrogen and oxygen atoms in total. The third-order valence-electron chi connectivity index (χ3n) is 2.15. The van der Waals surface area contributed by atoms with Crippen molar-refractivity contribution in [1.82, 2.24) is 0 Å². The molecule has 0 aliphatic rings. The first-order chi connectivity index (χ1) is 4.76. The summed E-state index contributed by atoms with van der Waals surface area (Å²) in [6.45, 7) is 9.48. The number of rotatable bonds is 2. The summed E-state index contributed by atoms with van der Waals surface area (Å²) in [7, 11) is 0. The summed E-state index contributed by atoms with van der Waals surface area (Å²) in [6, 6.07) is 0. The first kappa shape index (κ1) is 10.9. The molecule has 0 aliphatic carbocycles. The average Bonchev–Trinajstić information content (AvgIpc) is 1.82. The second-order valence-corrected chi connectivity index (χ2v) is 4.41. The number of aliphatic hydroxyl groups is 2. The lowest BCUT2D eigenvalue weighted by Crippen LogP contribution is -2.37. The molecule has 0 amide bonds. The Morgan fingerprint density at radius 3 is 1.45 bits per heavy atom. The van der Waals surface area contributed by atoms with Gasteiger partial charge >= 0.3 is 0 Å². The van der Waals surface area contributed by atoms with Crippen LogP contribution in [0.3, 0.4) is 0 Å². The van der Waals surface area contributed by atoms with Crippen LogP contribution in [0.25, 0.3) is 0 Å². The van der Waals surface area contributed by atoms with Crippen molar-refractivity contribution in [2.75, 3.05) is 0 Å². The van der Waals surface area contributed by atoms with E-state index in [2.05, 4.69) is 0 Å². The summed E-state index contributed by atoms with van der Waals surface area (Å²) in [5.41, 5.74) is -0.142. The van der Waals surface area contributed by atoms with Gasteiger partial charge in [-0.1, -0.05) is 27.7 Å². The van der Waals surface area contributed by atoms with Crippen molar-refractivity contribution in [1.29, 1.82) is 0 Å². The van der Waals surface area contributed by atoms with Crippen LogP contribution in [0.5, 0.6) is 0 Å². The minimum absolute atomic E-state index is 0.0602. The van der Waals surface area contributed by atoms with E-state index in [9.17, 15) is 10.2 Å². The van der Waals surface area contributed by atoms with Gasteiger partial charge in [-0.2, -0.15) is 0 Å². The van der Waals surface area contributed by atoms with E-state index in [0.717, 1.165) is 0 Å². The van der Waals surface area contributed by atoms with Gasteiger partial charge in [-0.05, 0) is 12.3 Å². The predicted octanol–water partition coefficient (Wildman–Crippen LogP) is 1.41. The molecule has 0 aromatic heterocycles. The van der Waals surface area contributed by atoms with Crippen molar-refractivity contribution < 1.29 is 10.2 Å². The number of hydrogen-bond donors (Lipinski definition) is 2. The maximum absolute atomic E-state index is 9.66. The standard InChI is InChI=1S/C9H20O2/c1-6(7(2)10)8(11)9(3,4)5/h6-8,10-11H,1-5H3. The molecule has 2 heteroatoms. The van der Waals surface area contributed by atoms with Gasteiger partial charge in [-0.15, -0.1) is 0 Å². The van der Waals surface area contributed by atoms with E-state index in [1.807, 2.05) is 27.7 Å². The van der Waals surface area contributed by atoms with Gasteiger partial charge in [0.1, 0.15) is 0 Å². The van der Waals surface area contributed by atoms with E-state index in [1.165, 1.54) is 0 Å². The Bertz CT molecular complexity index is 113. The Balaban J connectivity index is 4.13. The first-order valence-corrected chi connectivity index (χ1v) is 4.13. The third kappa shape index (κ3) is 3.21. The number of hydrogen-bond acceptors (Lipinski definition) is 2. The molecule has 3 atom stereocenters. The Kier molecular flexibility index (Phi) is 3.52. The molecule has 0 aromatic carbocycles. The van der Waals surface area contributed by atoms with E-state index in [4.69, 9.17) is 0 Å². The van der Waals surface area contributed by atoms with Crippen LogP contribution >= 0.6 is 0 Å². The fraction of sp³-hybridized carbons (Fsp3) is 1.00. The van der Waals surface area contributed by atoms with Gasteiger partial charge < -0.3 is 10.2 Å². The largest absolute Gasteiger partial charge is 0.393 e. The van der Waals surface area contributed by atoms with Crippen LogP contribution in [-0.2, 0) is 0 Å². The second-order valence-electron chi connectivity index (χ2n) is 4.41. The highest BCUT2D eigenvalue weighted by Gasteiger charge is 2.29. The van der Waals surface area contributed by atoms with Crippen LogP contribution in [0.4, 0.5) is 0 Å². The van der Waals surface area contributed by atoms with Gasteiger partial charge in [0.05, 0.1) is 12.2 Å².